The monoisotopic (exact) mass is 768 g/mol. The van der Waals surface area contributed by atoms with Crippen LogP contribution in [-0.4, -0.2) is 129 Å². The zero-order valence-corrected chi connectivity index (χ0v) is 30.3. The molecule has 0 bridgehead atoms. The van der Waals surface area contributed by atoms with Crippen molar-refractivity contribution in [3.05, 3.63) is 18.2 Å². The van der Waals surface area contributed by atoms with Crippen LogP contribution >= 0.6 is 0 Å². The van der Waals surface area contributed by atoms with Crippen molar-refractivity contribution in [1.29, 1.82) is 0 Å². The molecule has 0 aliphatic rings. The first kappa shape index (κ1) is 51.0. The molecule has 4 amide bonds. The summed E-state index contributed by atoms with van der Waals surface area (Å²) in [7, 11) is -3.93. The highest BCUT2D eigenvalue weighted by Gasteiger charge is 2.20. The second kappa shape index (κ2) is 29.4. The molecule has 0 aliphatic heterocycles. The van der Waals surface area contributed by atoms with Gasteiger partial charge in [-0.2, -0.15) is 8.42 Å². The summed E-state index contributed by atoms with van der Waals surface area (Å²) in [6.45, 7) is 5.98. The summed E-state index contributed by atoms with van der Waals surface area (Å²) in [5.74, 6) is -4.95. The van der Waals surface area contributed by atoms with Gasteiger partial charge in [0, 0.05) is 59.1 Å². The molecule has 3 unspecified atom stereocenters. The number of rotatable bonds is 19. The van der Waals surface area contributed by atoms with Gasteiger partial charge < -0.3 is 58.8 Å². The SMILES string of the molecule is CC(=O)NC(CCCCN)C(=O)O.CC(=O)NC(CCCN=C(N)N)C(=O)O.CC(=O)NC(Cc1cnc[nH]1)C(=O)O.CC(=O)NCCS(=O)(=O)O. The minimum absolute atomic E-state index is 0.0265. The molecular formula is C28H52N10O13S. The van der Waals surface area contributed by atoms with E-state index < -0.39 is 51.9 Å². The second-order valence-electron chi connectivity index (χ2n) is 10.6. The van der Waals surface area contributed by atoms with Crippen LogP contribution in [-0.2, 0) is 50.1 Å². The number of carboxylic acids is 3. The number of aliphatic imine (C=N–C) groups is 1. The molecule has 52 heavy (non-hydrogen) atoms. The number of aromatic nitrogens is 2. The Morgan fingerprint density at radius 1 is 0.788 bits per heavy atom. The van der Waals surface area contributed by atoms with Crippen molar-refractivity contribution >= 4 is 57.6 Å². The van der Waals surface area contributed by atoms with E-state index in [1.54, 1.807) is 0 Å². The maximum Gasteiger partial charge on any atom is 0.326 e. The van der Waals surface area contributed by atoms with Gasteiger partial charge in [0.1, 0.15) is 18.1 Å². The number of nitrogens with two attached hydrogens (primary N) is 3. The number of carbonyl (C=O) groups excluding carboxylic acids is 4. The van der Waals surface area contributed by atoms with Crippen LogP contribution in [0.4, 0.5) is 0 Å². The summed E-state index contributed by atoms with van der Waals surface area (Å²) in [6, 6.07) is -2.56. The van der Waals surface area contributed by atoms with Gasteiger partial charge in [-0.15, -0.1) is 0 Å². The van der Waals surface area contributed by atoms with Gasteiger partial charge in [-0.1, -0.05) is 0 Å². The third kappa shape index (κ3) is 35.9. The number of guanidine groups is 1. The van der Waals surface area contributed by atoms with Crippen LogP contribution in [0.2, 0.25) is 0 Å². The predicted molar refractivity (Wildman–Crippen MR) is 186 cm³/mol. The Bertz CT molecular complexity index is 1390. The zero-order valence-electron chi connectivity index (χ0n) is 29.5. The van der Waals surface area contributed by atoms with E-state index in [0.717, 1.165) is 6.42 Å². The number of amides is 4. The van der Waals surface area contributed by atoms with E-state index in [-0.39, 0.29) is 42.6 Å². The molecule has 24 heteroatoms. The van der Waals surface area contributed by atoms with Crippen molar-refractivity contribution in [3.8, 4) is 0 Å². The topological polar surface area (TPSA) is 402 Å². The van der Waals surface area contributed by atoms with Crippen LogP contribution < -0.4 is 38.5 Å². The quantitative estimate of drug-likeness (QED) is 0.0287. The normalized spacial score (nSPS) is 11.7. The molecule has 0 aromatic carbocycles. The van der Waals surface area contributed by atoms with Gasteiger partial charge in [0.2, 0.25) is 23.6 Å². The summed E-state index contributed by atoms with van der Waals surface area (Å²) in [5.41, 5.74) is 16.1. The third-order valence-electron chi connectivity index (χ3n) is 5.63. The van der Waals surface area contributed by atoms with Crippen molar-refractivity contribution in [2.75, 3.05) is 25.4 Å². The van der Waals surface area contributed by atoms with Gasteiger partial charge in [0.25, 0.3) is 10.1 Å². The van der Waals surface area contributed by atoms with E-state index in [9.17, 15) is 42.0 Å². The average molecular weight is 769 g/mol. The zero-order chi connectivity index (χ0) is 40.9. The lowest BCUT2D eigenvalue weighted by molar-refractivity contribution is -0.142. The third-order valence-corrected chi connectivity index (χ3v) is 6.35. The largest absolute Gasteiger partial charge is 0.480 e. The predicted octanol–water partition coefficient (Wildman–Crippen LogP) is -3.11. The summed E-state index contributed by atoms with van der Waals surface area (Å²) in [4.78, 5) is 84.3. The molecule has 23 nitrogen and oxygen atoms in total. The van der Waals surface area contributed by atoms with E-state index in [4.69, 9.17) is 37.1 Å². The summed E-state index contributed by atoms with van der Waals surface area (Å²) < 4.78 is 28.2. The highest BCUT2D eigenvalue weighted by molar-refractivity contribution is 7.85. The molecular weight excluding hydrogens is 716 g/mol. The first-order valence-corrected chi connectivity index (χ1v) is 17.0. The van der Waals surface area contributed by atoms with E-state index in [1.807, 2.05) is 0 Å². The minimum atomic E-state index is -3.93. The molecule has 0 spiro atoms. The van der Waals surface area contributed by atoms with Crippen molar-refractivity contribution in [2.24, 2.45) is 22.2 Å². The van der Waals surface area contributed by atoms with Gasteiger partial charge in [-0.05, 0) is 38.6 Å². The van der Waals surface area contributed by atoms with Crippen LogP contribution in [0.25, 0.3) is 0 Å². The summed E-state index contributed by atoms with van der Waals surface area (Å²) in [6.07, 6.45) is 5.92. The van der Waals surface area contributed by atoms with Crippen molar-refractivity contribution in [3.63, 3.8) is 0 Å². The van der Waals surface area contributed by atoms with E-state index >= 15 is 0 Å². The Morgan fingerprint density at radius 3 is 1.60 bits per heavy atom. The standard InChI is InChI=1S/C8H16N4O3.C8H11N3O3.C8H16N2O3.C4H9NO4S/c1-5(13)12-6(7(14)15)3-2-4-11-8(9)10;1-5(12)11-7(8(13)14)2-6-3-9-4-10-6;1-6(11)10-7(8(12)13)4-2-3-5-9;1-4(6)5-2-3-10(7,8)9/h6H,2-4H2,1H3,(H,12,13)(H,14,15)(H4,9,10,11);3-4,7H,2H2,1H3,(H,9,10)(H,11,12)(H,13,14);7H,2-5,9H2,1H3,(H,10,11)(H,12,13);2-3H2,1H3,(H,5,6)(H,7,8,9). The van der Waals surface area contributed by atoms with Crippen LogP contribution in [0.15, 0.2) is 17.5 Å². The molecule has 0 radical (unpaired) electrons. The maximum absolute atomic E-state index is 10.7. The molecule has 0 saturated carbocycles. The lowest BCUT2D eigenvalue weighted by atomic mass is 10.1. The number of carbonyl (C=O) groups is 7. The van der Waals surface area contributed by atoms with E-state index in [1.165, 1.54) is 40.2 Å². The van der Waals surface area contributed by atoms with Gasteiger partial charge >= 0.3 is 17.9 Å². The van der Waals surface area contributed by atoms with Gasteiger partial charge in [0.15, 0.2) is 5.96 Å². The molecule has 1 aromatic heterocycles. The van der Waals surface area contributed by atoms with Crippen LogP contribution in [0.3, 0.4) is 0 Å². The van der Waals surface area contributed by atoms with Gasteiger partial charge in [-0.25, -0.2) is 19.4 Å². The highest BCUT2D eigenvalue weighted by atomic mass is 32.2. The molecule has 0 saturated heterocycles. The molecule has 1 aromatic rings. The lowest BCUT2D eigenvalue weighted by Crippen LogP contribution is -2.41. The fourth-order valence-corrected chi connectivity index (χ4v) is 3.78. The van der Waals surface area contributed by atoms with Crippen molar-refractivity contribution in [2.45, 2.75) is 84.3 Å². The highest BCUT2D eigenvalue weighted by Crippen LogP contribution is 2.01. The Labute approximate surface area is 300 Å². The molecule has 298 valence electrons. The van der Waals surface area contributed by atoms with Gasteiger partial charge in [0.05, 0.1) is 12.1 Å². The Kier molecular flexibility index (Phi) is 28.8. The number of aliphatic carboxylic acids is 3. The first-order chi connectivity index (χ1) is 24.0. The number of nitrogens with zero attached hydrogens (tertiary/aromatic N) is 2. The number of imidazole rings is 1. The van der Waals surface area contributed by atoms with Crippen LogP contribution in [0, 0.1) is 0 Å². The Balaban J connectivity index is -0.000000622. The number of carboxylic acid groups (broad SMARTS) is 3. The molecule has 15 N–H and O–H groups in total. The van der Waals surface area contributed by atoms with Gasteiger partial charge in [-0.3, -0.25) is 28.7 Å². The Hall–Kier alpha value is -5.36. The number of unbranched alkanes of at least 4 members (excludes halogenated alkanes) is 1. The minimum Gasteiger partial charge on any atom is -0.480 e. The van der Waals surface area contributed by atoms with E-state index in [0.29, 0.717) is 44.5 Å². The molecule has 0 fully saturated rings. The Morgan fingerprint density at radius 2 is 1.25 bits per heavy atom. The molecule has 0 aliphatic carbocycles. The molecule has 3 atom stereocenters. The number of nitrogens with one attached hydrogen (secondary N) is 5. The molecule has 1 heterocycles. The fourth-order valence-electron chi connectivity index (χ4n) is 3.42. The van der Waals surface area contributed by atoms with Crippen LogP contribution in [0.1, 0.15) is 65.5 Å². The summed E-state index contributed by atoms with van der Waals surface area (Å²) >= 11 is 0. The fraction of sp³-hybridized carbons (Fsp3) is 0.607. The number of hydrogen-bond acceptors (Lipinski definition) is 12. The average Bonchev–Trinajstić information content (AvgIpc) is 3.50. The van der Waals surface area contributed by atoms with Crippen LogP contribution in [0.5, 0.6) is 0 Å². The number of hydrogen-bond donors (Lipinski definition) is 12. The first-order valence-electron chi connectivity index (χ1n) is 15.4. The smallest absolute Gasteiger partial charge is 0.326 e. The lowest BCUT2D eigenvalue weighted by Gasteiger charge is -2.12. The summed E-state index contributed by atoms with van der Waals surface area (Å²) in [5, 5.41) is 35.4. The number of aromatic amines is 1. The second-order valence-corrected chi connectivity index (χ2v) is 12.1. The van der Waals surface area contributed by atoms with E-state index in [2.05, 4.69) is 36.2 Å². The number of H-pyrrole nitrogens is 1. The molecule has 1 rings (SSSR count). The maximum atomic E-state index is 10.7. The van der Waals surface area contributed by atoms with Crippen molar-refractivity contribution in [1.82, 2.24) is 31.2 Å². The van der Waals surface area contributed by atoms with Crippen molar-refractivity contribution < 1.29 is 61.9 Å².